The molecule has 1 saturated heterocycles. The van der Waals surface area contributed by atoms with Gasteiger partial charge in [0.05, 0.1) is 6.10 Å². The summed E-state index contributed by atoms with van der Waals surface area (Å²) in [4.78, 5) is 18.8. The van der Waals surface area contributed by atoms with Gasteiger partial charge in [-0.3, -0.25) is 9.48 Å². The molecule has 2 fully saturated rings. The summed E-state index contributed by atoms with van der Waals surface area (Å²) in [7, 11) is 0. The third-order valence-corrected chi connectivity index (χ3v) is 5.94. The first-order valence-electron chi connectivity index (χ1n) is 9.08. The van der Waals surface area contributed by atoms with Gasteiger partial charge in [-0.15, -0.1) is 0 Å². The number of nitrogens with two attached hydrogens (primary N) is 1. The van der Waals surface area contributed by atoms with Crippen molar-refractivity contribution in [2.45, 2.75) is 76.6 Å². The minimum absolute atomic E-state index is 0.0478. The van der Waals surface area contributed by atoms with E-state index < -0.39 is 0 Å². The summed E-state index contributed by atoms with van der Waals surface area (Å²) in [5, 5.41) is 14.7. The number of nitrogens with zero attached hydrogens (tertiary/aromatic N) is 4. The Labute approximate surface area is 143 Å². The van der Waals surface area contributed by atoms with Crippen molar-refractivity contribution >= 4 is 5.91 Å². The molecular weight excluding hydrogens is 306 g/mol. The molecule has 3 N–H and O–H groups in total. The molecule has 1 aromatic heterocycles. The van der Waals surface area contributed by atoms with E-state index in [4.69, 9.17) is 5.73 Å². The molecule has 0 aromatic carbocycles. The van der Waals surface area contributed by atoms with Crippen LogP contribution in [0.4, 0.5) is 0 Å². The number of carbonyl (C=O) groups excluding carboxylic acids is 1. The monoisotopic (exact) mass is 335 g/mol. The zero-order valence-corrected chi connectivity index (χ0v) is 14.5. The maximum absolute atomic E-state index is 12.9. The maximum Gasteiger partial charge on any atom is 0.223 e. The van der Waals surface area contributed by atoms with Gasteiger partial charge in [0, 0.05) is 37.0 Å². The Morgan fingerprint density at radius 3 is 2.92 bits per heavy atom. The molecule has 7 heteroatoms. The second-order valence-corrected chi connectivity index (χ2v) is 7.48. The lowest BCUT2D eigenvalue weighted by atomic mass is 9.75. The van der Waals surface area contributed by atoms with Crippen LogP contribution in [0.2, 0.25) is 0 Å². The summed E-state index contributed by atoms with van der Waals surface area (Å²) in [6.45, 7) is 3.30. The van der Waals surface area contributed by atoms with Crippen LogP contribution in [0.15, 0.2) is 12.7 Å². The number of aromatic nitrogens is 3. The fourth-order valence-corrected chi connectivity index (χ4v) is 4.59. The van der Waals surface area contributed by atoms with Gasteiger partial charge in [0.2, 0.25) is 5.91 Å². The number of aliphatic hydroxyl groups excluding tert-OH is 1. The molecule has 2 aliphatic rings. The van der Waals surface area contributed by atoms with Crippen LogP contribution in [0.3, 0.4) is 0 Å². The van der Waals surface area contributed by atoms with Gasteiger partial charge < -0.3 is 15.7 Å². The predicted molar refractivity (Wildman–Crippen MR) is 89.9 cm³/mol. The van der Waals surface area contributed by atoms with Crippen molar-refractivity contribution in [2.75, 3.05) is 6.54 Å². The first-order chi connectivity index (χ1) is 11.6. The molecule has 0 radical (unpaired) electrons. The van der Waals surface area contributed by atoms with E-state index in [0.717, 1.165) is 38.5 Å². The quantitative estimate of drug-likeness (QED) is 0.834. The first kappa shape index (κ1) is 17.4. The van der Waals surface area contributed by atoms with Crippen LogP contribution in [-0.4, -0.2) is 55.4 Å². The molecule has 1 aromatic rings. The highest BCUT2D eigenvalue weighted by Crippen LogP contribution is 2.48. The van der Waals surface area contributed by atoms with Crippen LogP contribution in [0, 0.1) is 5.41 Å². The van der Waals surface area contributed by atoms with E-state index in [1.807, 2.05) is 4.90 Å². The first-order valence-corrected chi connectivity index (χ1v) is 9.08. The van der Waals surface area contributed by atoms with Crippen molar-refractivity contribution < 1.29 is 9.90 Å². The van der Waals surface area contributed by atoms with Crippen LogP contribution in [0.1, 0.15) is 51.9 Å². The van der Waals surface area contributed by atoms with Gasteiger partial charge in [-0.25, -0.2) is 4.98 Å². The fraction of sp³-hybridized carbons (Fsp3) is 0.824. The summed E-state index contributed by atoms with van der Waals surface area (Å²) in [6, 6.07) is 0.161. The number of carbonyl (C=O) groups is 1. The van der Waals surface area contributed by atoms with Crippen molar-refractivity contribution in [3.05, 3.63) is 12.7 Å². The van der Waals surface area contributed by atoms with Gasteiger partial charge in [-0.1, -0.05) is 19.8 Å². The minimum Gasteiger partial charge on any atom is -0.392 e. The zero-order chi connectivity index (χ0) is 17.2. The Morgan fingerprint density at radius 1 is 1.42 bits per heavy atom. The normalized spacial score (nSPS) is 33.3. The molecule has 3 rings (SSSR count). The Kier molecular flexibility index (Phi) is 5.20. The van der Waals surface area contributed by atoms with Crippen molar-refractivity contribution in [1.82, 2.24) is 19.7 Å². The second kappa shape index (κ2) is 7.19. The highest BCUT2D eigenvalue weighted by Gasteiger charge is 2.54. The van der Waals surface area contributed by atoms with Crippen LogP contribution in [0.5, 0.6) is 0 Å². The number of aliphatic hydroxyl groups is 1. The van der Waals surface area contributed by atoms with Gasteiger partial charge in [0.15, 0.2) is 0 Å². The summed E-state index contributed by atoms with van der Waals surface area (Å²) < 4.78 is 1.75. The number of fused-ring (bicyclic) bond motifs is 1. The SMILES string of the molecule is C[C@@]12C[C@H](CN)N(C(=O)CCCn3cncn3)[C@@H]1CCCC[C@H]2O. The predicted octanol–water partition coefficient (Wildman–Crippen LogP) is 0.928. The van der Waals surface area contributed by atoms with Crippen molar-refractivity contribution in [3.8, 4) is 0 Å². The number of rotatable bonds is 5. The third-order valence-electron chi connectivity index (χ3n) is 5.94. The van der Waals surface area contributed by atoms with Gasteiger partial charge in [-0.2, -0.15) is 5.10 Å². The number of likely N-dealkylation sites (tertiary alicyclic amines) is 1. The Bertz CT molecular complexity index is 549. The van der Waals surface area contributed by atoms with Crippen molar-refractivity contribution in [1.29, 1.82) is 0 Å². The van der Waals surface area contributed by atoms with E-state index in [0.29, 0.717) is 19.5 Å². The summed E-state index contributed by atoms with van der Waals surface area (Å²) in [5.74, 6) is 0.161. The Hall–Kier alpha value is -1.47. The highest BCUT2D eigenvalue weighted by atomic mass is 16.3. The average Bonchev–Trinajstić information content (AvgIpc) is 3.15. The van der Waals surface area contributed by atoms with Crippen LogP contribution >= 0.6 is 0 Å². The highest BCUT2D eigenvalue weighted by molar-refractivity contribution is 5.77. The largest absolute Gasteiger partial charge is 0.392 e. The molecule has 1 amide bonds. The molecule has 2 heterocycles. The molecule has 1 aliphatic heterocycles. The average molecular weight is 335 g/mol. The van der Waals surface area contributed by atoms with E-state index >= 15 is 0 Å². The molecule has 0 spiro atoms. The molecular formula is C17H29N5O2. The smallest absolute Gasteiger partial charge is 0.223 e. The third kappa shape index (κ3) is 3.19. The lowest BCUT2D eigenvalue weighted by Gasteiger charge is -2.37. The van der Waals surface area contributed by atoms with Crippen molar-refractivity contribution in [3.63, 3.8) is 0 Å². The lowest BCUT2D eigenvalue weighted by Crippen LogP contribution is -2.48. The van der Waals surface area contributed by atoms with Gasteiger partial charge in [0.1, 0.15) is 12.7 Å². The number of amides is 1. The number of hydrogen-bond acceptors (Lipinski definition) is 5. The number of hydrogen-bond donors (Lipinski definition) is 2. The van der Waals surface area contributed by atoms with E-state index in [-0.39, 0.29) is 29.5 Å². The molecule has 0 bridgehead atoms. The Balaban J connectivity index is 1.68. The summed E-state index contributed by atoms with van der Waals surface area (Å²) in [5.41, 5.74) is 5.75. The molecule has 7 nitrogen and oxygen atoms in total. The molecule has 1 saturated carbocycles. The molecule has 4 atom stereocenters. The van der Waals surface area contributed by atoms with E-state index in [9.17, 15) is 9.90 Å². The molecule has 134 valence electrons. The molecule has 0 unspecified atom stereocenters. The fourth-order valence-electron chi connectivity index (χ4n) is 4.59. The van der Waals surface area contributed by atoms with Crippen molar-refractivity contribution in [2.24, 2.45) is 11.1 Å². The lowest BCUT2D eigenvalue weighted by molar-refractivity contribution is -0.135. The van der Waals surface area contributed by atoms with E-state index in [2.05, 4.69) is 17.0 Å². The van der Waals surface area contributed by atoms with Gasteiger partial charge in [-0.05, 0) is 25.7 Å². The number of aryl methyl sites for hydroxylation is 1. The summed E-state index contributed by atoms with van der Waals surface area (Å²) in [6.07, 6.45) is 8.77. The molecule has 24 heavy (non-hydrogen) atoms. The zero-order valence-electron chi connectivity index (χ0n) is 14.5. The van der Waals surface area contributed by atoms with Crippen LogP contribution < -0.4 is 5.73 Å². The van der Waals surface area contributed by atoms with E-state index in [1.165, 1.54) is 6.33 Å². The maximum atomic E-state index is 12.9. The van der Waals surface area contributed by atoms with Gasteiger partial charge >= 0.3 is 0 Å². The van der Waals surface area contributed by atoms with Gasteiger partial charge in [0.25, 0.3) is 0 Å². The minimum atomic E-state index is -0.341. The van der Waals surface area contributed by atoms with E-state index in [1.54, 1.807) is 11.0 Å². The van der Waals surface area contributed by atoms with Crippen LogP contribution in [0.25, 0.3) is 0 Å². The summed E-state index contributed by atoms with van der Waals surface area (Å²) >= 11 is 0. The van der Waals surface area contributed by atoms with Crippen LogP contribution in [-0.2, 0) is 11.3 Å². The second-order valence-electron chi connectivity index (χ2n) is 7.48. The molecule has 1 aliphatic carbocycles. The topological polar surface area (TPSA) is 97.3 Å². The standard InChI is InChI=1S/C17H29N5O2/c1-17-9-13(10-18)22(14(17)5-2-3-6-15(17)23)16(24)7-4-8-21-12-19-11-20-21/h11-15,23H,2-10,18H2,1H3/t13-,14-,15-,17-/m1/s1. The Morgan fingerprint density at radius 2 is 2.21 bits per heavy atom.